The molecule has 0 aliphatic carbocycles. The molecule has 0 spiro atoms. The van der Waals surface area contributed by atoms with E-state index < -0.39 is 5.82 Å². The molecule has 57 valence electrons. The molecular weight excluding hydrogens is 143 g/mol. The number of nitrogens with zero attached hydrogens (tertiary/aromatic N) is 2. The maximum absolute atomic E-state index is 12.6. The number of hydrogen-bond acceptors (Lipinski definition) is 1. The molecule has 1 radical (unpaired) electrons. The lowest BCUT2D eigenvalue weighted by Crippen LogP contribution is -2.00. The van der Waals surface area contributed by atoms with Crippen LogP contribution in [0.25, 0.3) is 0 Å². The van der Waals surface area contributed by atoms with Crippen LogP contribution in [0.2, 0.25) is 0 Å². The molecule has 2 nitrogen and oxygen atoms in total. The smallest absolute Gasteiger partial charge is 0.173 e. The Kier molecular flexibility index (Phi) is 2.27. The molecule has 1 heterocycles. The average molecular weight is 151 g/mol. The van der Waals surface area contributed by atoms with Crippen LogP contribution in [0, 0.1) is 30.8 Å². The fourth-order valence-corrected chi connectivity index (χ4v) is 0.681. The van der Waals surface area contributed by atoms with Gasteiger partial charge in [0.25, 0.3) is 0 Å². The molecule has 11 heavy (non-hydrogen) atoms. The highest BCUT2D eigenvalue weighted by Gasteiger charge is 2.03. The minimum Gasteiger partial charge on any atom is -0.254 e. The molecule has 0 saturated carbocycles. The highest BCUT2D eigenvalue weighted by molar-refractivity contribution is 5.03. The molecular formula is C8H8FN2. The van der Waals surface area contributed by atoms with Gasteiger partial charge in [-0.05, 0) is 13.8 Å². The van der Waals surface area contributed by atoms with Crippen molar-refractivity contribution in [1.82, 2.24) is 9.78 Å². The minimum atomic E-state index is -0.400. The Morgan fingerprint density at radius 3 is 2.91 bits per heavy atom. The highest BCUT2D eigenvalue weighted by Crippen LogP contribution is 2.01. The first-order valence-corrected chi connectivity index (χ1v) is 3.26. The van der Waals surface area contributed by atoms with Crippen LogP contribution in [0.5, 0.6) is 0 Å². The first-order chi connectivity index (χ1) is 5.25. The maximum atomic E-state index is 12.6. The summed E-state index contributed by atoms with van der Waals surface area (Å²) in [5.74, 6) is 5.09. The molecule has 1 rings (SSSR count). The molecule has 0 atom stereocenters. The van der Waals surface area contributed by atoms with Gasteiger partial charge in [0.05, 0.1) is 5.69 Å². The molecule has 0 bridgehead atoms. The van der Waals surface area contributed by atoms with Crippen molar-refractivity contribution >= 4 is 0 Å². The van der Waals surface area contributed by atoms with Crippen LogP contribution in [0.3, 0.4) is 0 Å². The van der Waals surface area contributed by atoms with Gasteiger partial charge >= 0.3 is 0 Å². The quantitative estimate of drug-likeness (QED) is 0.550. The second-order valence-corrected chi connectivity index (χ2v) is 2.10. The van der Waals surface area contributed by atoms with Crippen LogP contribution >= 0.6 is 0 Å². The third-order valence-corrected chi connectivity index (χ3v) is 1.38. The van der Waals surface area contributed by atoms with Crippen LogP contribution in [-0.4, -0.2) is 9.78 Å². The van der Waals surface area contributed by atoms with E-state index >= 15 is 0 Å². The molecule has 0 amide bonds. The fraction of sp³-hybridized carbons (Fsp3) is 0.375. The second kappa shape index (κ2) is 3.20. The van der Waals surface area contributed by atoms with Gasteiger partial charge in [0.1, 0.15) is 6.54 Å². The summed E-state index contributed by atoms with van der Waals surface area (Å²) in [4.78, 5) is 0. The summed E-state index contributed by atoms with van der Waals surface area (Å²) in [5, 5.41) is 3.67. The number of halogens is 1. The topological polar surface area (TPSA) is 17.8 Å². The highest BCUT2D eigenvalue weighted by atomic mass is 19.1. The van der Waals surface area contributed by atoms with Crippen LogP contribution in [0.4, 0.5) is 4.39 Å². The third-order valence-electron chi connectivity index (χ3n) is 1.38. The van der Waals surface area contributed by atoms with Gasteiger partial charge in [-0.3, -0.25) is 4.68 Å². The van der Waals surface area contributed by atoms with Crippen molar-refractivity contribution in [3.05, 3.63) is 17.7 Å². The zero-order valence-electron chi connectivity index (χ0n) is 6.48. The van der Waals surface area contributed by atoms with E-state index in [-0.39, 0.29) is 0 Å². The summed E-state index contributed by atoms with van der Waals surface area (Å²) in [7, 11) is 0. The molecule has 0 N–H and O–H groups in total. The van der Waals surface area contributed by atoms with Gasteiger partial charge < -0.3 is 0 Å². The van der Waals surface area contributed by atoms with E-state index in [1.54, 1.807) is 13.8 Å². The summed E-state index contributed by atoms with van der Waals surface area (Å²) in [6, 6.07) is 0. The summed E-state index contributed by atoms with van der Waals surface area (Å²) >= 11 is 0. The van der Waals surface area contributed by atoms with Crippen molar-refractivity contribution < 1.29 is 4.39 Å². The zero-order chi connectivity index (χ0) is 8.27. The van der Waals surface area contributed by atoms with Crippen molar-refractivity contribution in [2.45, 2.75) is 20.4 Å². The van der Waals surface area contributed by atoms with Gasteiger partial charge in [-0.1, -0.05) is 5.92 Å². The van der Waals surface area contributed by atoms with Crippen LogP contribution in [0.15, 0.2) is 0 Å². The molecule has 0 aliphatic heterocycles. The zero-order valence-corrected chi connectivity index (χ0v) is 6.48. The maximum Gasteiger partial charge on any atom is 0.173 e. The Bertz CT molecular complexity index is 304. The normalized spacial score (nSPS) is 9.00. The van der Waals surface area contributed by atoms with Gasteiger partial charge in [0, 0.05) is 0 Å². The monoisotopic (exact) mass is 151 g/mol. The lowest BCUT2D eigenvalue weighted by atomic mass is 10.4. The molecule has 0 saturated heterocycles. The van der Waals surface area contributed by atoms with E-state index in [1.165, 1.54) is 4.68 Å². The van der Waals surface area contributed by atoms with Gasteiger partial charge in [-0.2, -0.15) is 5.10 Å². The largest absolute Gasteiger partial charge is 0.254 e. The summed E-state index contributed by atoms with van der Waals surface area (Å²) in [5.41, 5.74) is 0.479. The Morgan fingerprint density at radius 2 is 2.45 bits per heavy atom. The van der Waals surface area contributed by atoms with Gasteiger partial charge in [-0.25, -0.2) is 4.39 Å². The second-order valence-electron chi connectivity index (χ2n) is 2.10. The molecule has 0 aromatic carbocycles. The first-order valence-electron chi connectivity index (χ1n) is 3.26. The molecule has 1 aromatic heterocycles. The van der Waals surface area contributed by atoms with E-state index in [0.29, 0.717) is 12.2 Å². The molecule has 1 aromatic rings. The SMILES string of the molecule is CC#CCn1n[c]c(F)c1C. The van der Waals surface area contributed by atoms with E-state index in [1.807, 2.05) is 0 Å². The Hall–Kier alpha value is -1.30. The number of hydrogen-bond donors (Lipinski definition) is 0. The van der Waals surface area contributed by atoms with E-state index in [4.69, 9.17) is 0 Å². The van der Waals surface area contributed by atoms with Crippen molar-refractivity contribution in [3.8, 4) is 11.8 Å². The van der Waals surface area contributed by atoms with Gasteiger partial charge in [0.2, 0.25) is 0 Å². The van der Waals surface area contributed by atoms with Gasteiger partial charge in [-0.15, -0.1) is 5.92 Å². The fourth-order valence-electron chi connectivity index (χ4n) is 0.681. The van der Waals surface area contributed by atoms with E-state index in [9.17, 15) is 4.39 Å². The summed E-state index contributed by atoms with van der Waals surface area (Å²) in [6.45, 7) is 3.82. The standard InChI is InChI=1S/C8H8FN2/c1-3-4-5-11-7(2)8(9)6-10-11/h5H2,1-2H3. The predicted molar refractivity (Wildman–Crippen MR) is 39.2 cm³/mol. The van der Waals surface area contributed by atoms with E-state index in [0.717, 1.165) is 0 Å². The minimum absolute atomic E-state index is 0.400. The van der Waals surface area contributed by atoms with Crippen molar-refractivity contribution in [1.29, 1.82) is 0 Å². The summed E-state index contributed by atoms with van der Waals surface area (Å²) in [6.07, 6.45) is 2.22. The Balaban J connectivity index is 2.84. The Labute approximate surface area is 65.0 Å². The van der Waals surface area contributed by atoms with Crippen LogP contribution in [-0.2, 0) is 6.54 Å². The van der Waals surface area contributed by atoms with Crippen molar-refractivity contribution in [2.24, 2.45) is 0 Å². The van der Waals surface area contributed by atoms with Gasteiger partial charge in [0.15, 0.2) is 12.0 Å². The average Bonchev–Trinajstić information content (AvgIpc) is 2.31. The molecule has 0 unspecified atom stereocenters. The lowest BCUT2D eigenvalue weighted by molar-refractivity contribution is 0.604. The number of aromatic nitrogens is 2. The molecule has 0 fully saturated rings. The lowest BCUT2D eigenvalue weighted by Gasteiger charge is -1.95. The molecule has 3 heteroatoms. The van der Waals surface area contributed by atoms with Crippen molar-refractivity contribution in [3.63, 3.8) is 0 Å². The van der Waals surface area contributed by atoms with Crippen LogP contribution in [0.1, 0.15) is 12.6 Å². The summed E-state index contributed by atoms with van der Waals surface area (Å²) < 4.78 is 14.1. The number of rotatable bonds is 1. The van der Waals surface area contributed by atoms with Crippen LogP contribution < -0.4 is 0 Å². The first kappa shape index (κ1) is 7.80. The Morgan fingerprint density at radius 1 is 1.73 bits per heavy atom. The van der Waals surface area contributed by atoms with Crippen molar-refractivity contribution in [2.75, 3.05) is 0 Å². The molecule has 0 aliphatic rings. The van der Waals surface area contributed by atoms with E-state index in [2.05, 4.69) is 23.1 Å². The predicted octanol–water partition coefficient (Wildman–Crippen LogP) is 1.15. The third kappa shape index (κ3) is 1.58.